The summed E-state index contributed by atoms with van der Waals surface area (Å²) in [6.07, 6.45) is -0.627. The van der Waals surface area contributed by atoms with Gasteiger partial charge in [-0.15, -0.1) is 0 Å². The van der Waals surface area contributed by atoms with Crippen LogP contribution >= 0.6 is 0 Å². The first-order valence-electron chi connectivity index (χ1n) is 7.73. The Balaban J connectivity index is 1.56. The standard InChI is InChI=1S/C18H18N2O4/c21-15(13-6-2-1-3-7-13)12-19-17(22)10-11-20-14-8-4-5-9-16(14)24-18(20)23/h1-9,15,21H,10-12H2,(H,19,22)/t15-/m0/s1. The Labute approximate surface area is 138 Å². The number of carbonyl (C=O) groups is 1. The number of nitrogens with zero attached hydrogens (tertiary/aromatic N) is 1. The van der Waals surface area contributed by atoms with Crippen LogP contribution in [0.25, 0.3) is 11.1 Å². The number of benzene rings is 2. The Kier molecular flexibility index (Phi) is 4.77. The molecule has 1 aromatic heterocycles. The number of carbonyl (C=O) groups excluding carboxylic acids is 1. The molecule has 0 aliphatic rings. The molecule has 0 saturated carbocycles. The van der Waals surface area contributed by atoms with Crippen LogP contribution in [0.5, 0.6) is 0 Å². The lowest BCUT2D eigenvalue weighted by atomic mass is 10.1. The molecule has 6 heteroatoms. The molecule has 3 aromatic rings. The Bertz CT molecular complexity index is 883. The molecule has 3 rings (SSSR count). The van der Waals surface area contributed by atoms with E-state index >= 15 is 0 Å². The molecule has 0 aliphatic heterocycles. The molecule has 1 heterocycles. The average Bonchev–Trinajstić information content (AvgIpc) is 2.93. The second-order valence-corrected chi connectivity index (χ2v) is 5.47. The van der Waals surface area contributed by atoms with Crippen LogP contribution < -0.4 is 11.1 Å². The summed E-state index contributed by atoms with van der Waals surface area (Å²) in [5.74, 6) is -0.713. The Hall–Kier alpha value is -2.86. The minimum atomic E-state index is -0.757. The van der Waals surface area contributed by atoms with Crippen molar-refractivity contribution in [2.75, 3.05) is 6.54 Å². The van der Waals surface area contributed by atoms with Crippen LogP contribution in [-0.2, 0) is 11.3 Å². The van der Waals surface area contributed by atoms with Crippen LogP contribution in [0.1, 0.15) is 18.1 Å². The molecule has 6 nitrogen and oxygen atoms in total. The van der Waals surface area contributed by atoms with E-state index in [1.54, 1.807) is 30.3 Å². The van der Waals surface area contributed by atoms with Gasteiger partial charge in [-0.05, 0) is 17.7 Å². The number of hydrogen-bond acceptors (Lipinski definition) is 4. The van der Waals surface area contributed by atoms with Gasteiger partial charge in [-0.3, -0.25) is 9.36 Å². The lowest BCUT2D eigenvalue weighted by Crippen LogP contribution is -2.30. The Morgan fingerprint density at radius 2 is 1.83 bits per heavy atom. The highest BCUT2D eigenvalue weighted by molar-refractivity contribution is 5.76. The minimum absolute atomic E-state index is 0.129. The fourth-order valence-electron chi connectivity index (χ4n) is 2.53. The van der Waals surface area contributed by atoms with Crippen LogP contribution in [0, 0.1) is 0 Å². The SMILES string of the molecule is O=C(CCn1c(=O)oc2ccccc21)NC[C@H](O)c1ccccc1. The highest BCUT2D eigenvalue weighted by Crippen LogP contribution is 2.12. The fourth-order valence-corrected chi connectivity index (χ4v) is 2.53. The first kappa shape index (κ1) is 16.0. The minimum Gasteiger partial charge on any atom is -0.408 e. The Morgan fingerprint density at radius 3 is 2.62 bits per heavy atom. The number of fused-ring (bicyclic) bond motifs is 1. The van der Waals surface area contributed by atoms with Crippen LogP contribution in [-0.4, -0.2) is 22.1 Å². The molecular formula is C18H18N2O4. The molecular weight excluding hydrogens is 308 g/mol. The number of oxazole rings is 1. The summed E-state index contributed by atoms with van der Waals surface area (Å²) in [7, 11) is 0. The number of amides is 1. The number of aromatic nitrogens is 1. The van der Waals surface area contributed by atoms with Gasteiger partial charge in [0.15, 0.2) is 5.58 Å². The normalized spacial score (nSPS) is 12.2. The summed E-state index contributed by atoms with van der Waals surface area (Å²) in [4.78, 5) is 23.8. The van der Waals surface area contributed by atoms with Gasteiger partial charge in [0.05, 0.1) is 11.6 Å². The van der Waals surface area contributed by atoms with E-state index in [-0.39, 0.29) is 25.4 Å². The lowest BCUT2D eigenvalue weighted by molar-refractivity contribution is -0.121. The lowest BCUT2D eigenvalue weighted by Gasteiger charge is -2.12. The molecule has 124 valence electrons. The van der Waals surface area contributed by atoms with Gasteiger partial charge < -0.3 is 14.8 Å². The third-order valence-electron chi connectivity index (χ3n) is 3.81. The molecule has 0 radical (unpaired) electrons. The van der Waals surface area contributed by atoms with E-state index < -0.39 is 11.9 Å². The average molecular weight is 326 g/mol. The van der Waals surface area contributed by atoms with Crippen LogP contribution in [0.2, 0.25) is 0 Å². The van der Waals surface area contributed by atoms with Crippen molar-refractivity contribution < 1.29 is 14.3 Å². The van der Waals surface area contributed by atoms with Crippen molar-refractivity contribution in [1.82, 2.24) is 9.88 Å². The summed E-state index contributed by atoms with van der Waals surface area (Å²) < 4.78 is 6.56. The van der Waals surface area contributed by atoms with E-state index in [1.807, 2.05) is 24.3 Å². The number of nitrogens with one attached hydrogen (secondary N) is 1. The molecule has 1 amide bonds. The van der Waals surface area contributed by atoms with Crippen LogP contribution in [0.4, 0.5) is 0 Å². The van der Waals surface area contributed by atoms with E-state index in [9.17, 15) is 14.7 Å². The number of aryl methyl sites for hydroxylation is 1. The highest BCUT2D eigenvalue weighted by atomic mass is 16.4. The van der Waals surface area contributed by atoms with E-state index in [1.165, 1.54) is 4.57 Å². The summed E-state index contributed by atoms with van der Waals surface area (Å²) in [6.45, 7) is 0.354. The second-order valence-electron chi connectivity index (χ2n) is 5.47. The molecule has 0 aliphatic carbocycles. The zero-order valence-electron chi connectivity index (χ0n) is 13.0. The van der Waals surface area contributed by atoms with Crippen LogP contribution in [0.15, 0.2) is 63.8 Å². The van der Waals surface area contributed by atoms with Gasteiger partial charge in [0.2, 0.25) is 5.91 Å². The predicted molar refractivity (Wildman–Crippen MR) is 89.5 cm³/mol. The van der Waals surface area contributed by atoms with Crippen molar-refractivity contribution in [1.29, 1.82) is 0 Å². The summed E-state index contributed by atoms with van der Waals surface area (Å²) >= 11 is 0. The van der Waals surface area contributed by atoms with Gasteiger partial charge >= 0.3 is 5.76 Å². The van der Waals surface area contributed by atoms with Gasteiger partial charge in [0, 0.05) is 19.5 Å². The van der Waals surface area contributed by atoms with Crippen molar-refractivity contribution in [3.05, 3.63) is 70.7 Å². The first-order chi connectivity index (χ1) is 11.6. The summed E-state index contributed by atoms with van der Waals surface area (Å²) in [5.41, 5.74) is 1.91. The predicted octanol–water partition coefficient (Wildman–Crippen LogP) is 1.83. The number of para-hydroxylation sites is 2. The molecule has 2 aromatic carbocycles. The first-order valence-corrected chi connectivity index (χ1v) is 7.73. The smallest absolute Gasteiger partial charge is 0.408 e. The zero-order valence-corrected chi connectivity index (χ0v) is 13.0. The second kappa shape index (κ2) is 7.14. The maximum Gasteiger partial charge on any atom is 0.419 e. The van der Waals surface area contributed by atoms with Crippen molar-refractivity contribution in [3.63, 3.8) is 0 Å². The summed E-state index contributed by atoms with van der Waals surface area (Å²) in [5, 5.41) is 12.7. The number of hydrogen-bond donors (Lipinski definition) is 2. The number of aliphatic hydroxyl groups is 1. The largest absolute Gasteiger partial charge is 0.419 e. The third kappa shape index (κ3) is 3.55. The monoisotopic (exact) mass is 326 g/mol. The van der Waals surface area contributed by atoms with Gasteiger partial charge in [0.25, 0.3) is 0 Å². The van der Waals surface area contributed by atoms with Crippen molar-refractivity contribution in [2.45, 2.75) is 19.1 Å². The summed E-state index contributed by atoms with van der Waals surface area (Å²) in [6, 6.07) is 16.2. The van der Waals surface area contributed by atoms with Crippen molar-refractivity contribution in [2.24, 2.45) is 0 Å². The molecule has 0 fully saturated rings. The highest BCUT2D eigenvalue weighted by Gasteiger charge is 2.12. The van der Waals surface area contributed by atoms with Gasteiger partial charge in [-0.1, -0.05) is 42.5 Å². The van der Waals surface area contributed by atoms with Gasteiger partial charge in [-0.2, -0.15) is 0 Å². The molecule has 1 atom stereocenters. The Morgan fingerprint density at radius 1 is 1.12 bits per heavy atom. The van der Waals surface area contributed by atoms with E-state index in [2.05, 4.69) is 5.32 Å². The van der Waals surface area contributed by atoms with Crippen LogP contribution in [0.3, 0.4) is 0 Å². The molecule has 24 heavy (non-hydrogen) atoms. The maximum atomic E-state index is 12.0. The molecule has 0 bridgehead atoms. The van der Waals surface area contributed by atoms with E-state index in [4.69, 9.17) is 4.42 Å². The quantitative estimate of drug-likeness (QED) is 0.724. The maximum absolute atomic E-state index is 12.0. The van der Waals surface area contributed by atoms with Gasteiger partial charge in [-0.25, -0.2) is 4.79 Å². The van der Waals surface area contributed by atoms with Crippen molar-refractivity contribution >= 4 is 17.0 Å². The number of aliphatic hydroxyl groups excluding tert-OH is 1. The molecule has 2 N–H and O–H groups in total. The van der Waals surface area contributed by atoms with Crippen molar-refractivity contribution in [3.8, 4) is 0 Å². The third-order valence-corrected chi connectivity index (χ3v) is 3.81. The molecule has 0 spiro atoms. The van der Waals surface area contributed by atoms with E-state index in [0.717, 1.165) is 5.56 Å². The molecule has 0 saturated heterocycles. The topological polar surface area (TPSA) is 84.5 Å². The molecule has 0 unspecified atom stereocenters. The number of rotatable bonds is 6. The zero-order chi connectivity index (χ0) is 16.9. The fraction of sp³-hybridized carbons (Fsp3) is 0.222. The van der Waals surface area contributed by atoms with E-state index in [0.29, 0.717) is 11.1 Å². The van der Waals surface area contributed by atoms with Gasteiger partial charge in [0.1, 0.15) is 0 Å².